The molecule has 5 rings (SSSR count). The number of nitriles is 2. The Bertz CT molecular complexity index is 1400. The van der Waals surface area contributed by atoms with Gasteiger partial charge in [-0.05, 0) is 43.2 Å². The van der Waals surface area contributed by atoms with Gasteiger partial charge in [0.15, 0.2) is 0 Å². The normalized spacial score (nSPS) is 19.9. The number of fused-ring (bicyclic) bond motifs is 1. The van der Waals surface area contributed by atoms with Crippen LogP contribution in [0, 0.1) is 28.6 Å². The van der Waals surface area contributed by atoms with Crippen molar-refractivity contribution in [2.75, 3.05) is 0 Å². The van der Waals surface area contributed by atoms with E-state index in [9.17, 15) is 15.6 Å². The van der Waals surface area contributed by atoms with Gasteiger partial charge >= 0.3 is 0 Å². The van der Waals surface area contributed by atoms with E-state index in [2.05, 4.69) is 22.2 Å². The molecule has 4 aromatic rings. The number of rotatable bonds is 5. The molecule has 9 heteroatoms. The van der Waals surface area contributed by atoms with Crippen LogP contribution in [0.2, 0.25) is 0 Å². The van der Waals surface area contributed by atoms with Gasteiger partial charge in [-0.2, -0.15) is 20.7 Å². The Morgan fingerprint density at radius 2 is 2.03 bits per heavy atom. The fourth-order valence-electron chi connectivity index (χ4n) is 4.47. The van der Waals surface area contributed by atoms with Gasteiger partial charge in [-0.1, -0.05) is 0 Å². The molecule has 0 spiro atoms. The molecule has 0 aromatic carbocycles. The van der Waals surface area contributed by atoms with Gasteiger partial charge in [0.05, 0.1) is 59.2 Å². The van der Waals surface area contributed by atoms with Crippen LogP contribution in [0.4, 0.5) is 0 Å². The third kappa shape index (κ3) is 3.11. The topological polar surface area (TPSA) is 129 Å². The van der Waals surface area contributed by atoms with E-state index < -0.39 is 5.54 Å². The maximum absolute atomic E-state index is 9.45. The van der Waals surface area contributed by atoms with Gasteiger partial charge in [0.1, 0.15) is 11.4 Å². The van der Waals surface area contributed by atoms with Gasteiger partial charge in [-0.25, -0.2) is 4.98 Å². The molecule has 0 saturated heterocycles. The summed E-state index contributed by atoms with van der Waals surface area (Å²) >= 11 is 0. The third-order valence-corrected chi connectivity index (χ3v) is 6.12. The van der Waals surface area contributed by atoms with Crippen LogP contribution in [0.1, 0.15) is 25.0 Å². The Kier molecular flexibility index (Phi) is 4.69. The predicted octanol–water partition coefficient (Wildman–Crippen LogP) is 2.93. The standard InChI is InChI=1S/C23H20N8O/c1-30-21(9-16(14-32)28-30)20-10-19-17(3-2-7-26-19)22(27-20)18-4-8-31(29-18)23(5-6-24)11-15(12-23)13-25/h2-4,7-10,15,32H,5,11-12,14H2,1H3. The predicted molar refractivity (Wildman–Crippen MR) is 115 cm³/mol. The summed E-state index contributed by atoms with van der Waals surface area (Å²) in [6.45, 7) is -0.151. The Balaban J connectivity index is 1.63. The molecule has 0 atom stereocenters. The zero-order valence-corrected chi connectivity index (χ0v) is 17.5. The fourth-order valence-corrected chi connectivity index (χ4v) is 4.47. The molecule has 4 aromatic heterocycles. The van der Waals surface area contributed by atoms with Gasteiger partial charge in [-0.15, -0.1) is 0 Å². The van der Waals surface area contributed by atoms with Crippen molar-refractivity contribution in [1.29, 1.82) is 10.5 Å². The minimum absolute atomic E-state index is 0.0481. The van der Waals surface area contributed by atoms with Gasteiger partial charge in [0.2, 0.25) is 0 Å². The zero-order chi connectivity index (χ0) is 22.3. The Morgan fingerprint density at radius 1 is 1.19 bits per heavy atom. The van der Waals surface area contributed by atoms with Crippen molar-refractivity contribution in [2.45, 2.75) is 31.4 Å². The summed E-state index contributed by atoms with van der Waals surface area (Å²) in [6, 6.07) is 13.9. The zero-order valence-electron chi connectivity index (χ0n) is 17.5. The summed E-state index contributed by atoms with van der Waals surface area (Å²) in [5.41, 5.74) is 3.68. The summed E-state index contributed by atoms with van der Waals surface area (Å²) in [7, 11) is 1.81. The van der Waals surface area contributed by atoms with Crippen molar-refractivity contribution >= 4 is 10.9 Å². The first-order chi connectivity index (χ1) is 15.6. The van der Waals surface area contributed by atoms with E-state index in [4.69, 9.17) is 10.1 Å². The molecule has 158 valence electrons. The largest absolute Gasteiger partial charge is 0.390 e. The highest BCUT2D eigenvalue weighted by molar-refractivity contribution is 5.93. The fraction of sp³-hybridized carbons (Fsp3) is 0.304. The quantitative estimate of drug-likeness (QED) is 0.521. The number of aryl methyl sites for hydroxylation is 1. The summed E-state index contributed by atoms with van der Waals surface area (Å²) in [5.74, 6) is -0.0481. The molecule has 1 N–H and O–H groups in total. The number of aliphatic hydroxyl groups excluding tert-OH is 1. The molecule has 0 radical (unpaired) electrons. The summed E-state index contributed by atoms with van der Waals surface area (Å²) in [5, 5.41) is 38.0. The molecule has 0 unspecified atom stereocenters. The molecule has 4 heterocycles. The second-order valence-electron chi connectivity index (χ2n) is 8.17. The van der Waals surface area contributed by atoms with Crippen molar-refractivity contribution in [3.63, 3.8) is 0 Å². The van der Waals surface area contributed by atoms with Crippen LogP contribution in [0.25, 0.3) is 33.7 Å². The SMILES string of the molecule is Cn1nc(CO)cc1-c1cc2ncccc2c(-c2ccn(C3(CC#N)CC(C#N)C3)n2)n1. The van der Waals surface area contributed by atoms with Gasteiger partial charge in [0.25, 0.3) is 0 Å². The van der Waals surface area contributed by atoms with E-state index in [1.807, 2.05) is 35.1 Å². The Labute approximate surface area is 184 Å². The summed E-state index contributed by atoms with van der Waals surface area (Å²) in [4.78, 5) is 9.40. The number of pyridine rings is 2. The molecule has 0 bridgehead atoms. The van der Waals surface area contributed by atoms with Crippen LogP contribution in [0.15, 0.2) is 42.7 Å². The van der Waals surface area contributed by atoms with Crippen molar-refractivity contribution in [3.8, 4) is 34.9 Å². The van der Waals surface area contributed by atoms with Crippen LogP contribution in [0.3, 0.4) is 0 Å². The second kappa shape index (κ2) is 7.56. The first-order valence-corrected chi connectivity index (χ1v) is 10.3. The van der Waals surface area contributed by atoms with Crippen molar-refractivity contribution in [1.82, 2.24) is 29.5 Å². The molecular weight excluding hydrogens is 404 g/mol. The minimum atomic E-state index is -0.447. The first kappa shape index (κ1) is 19.9. The molecular formula is C23H20N8O. The number of aromatic nitrogens is 6. The number of hydrogen-bond acceptors (Lipinski definition) is 7. The lowest BCUT2D eigenvalue weighted by molar-refractivity contribution is 0.0884. The number of aliphatic hydroxyl groups is 1. The van der Waals surface area contributed by atoms with Crippen LogP contribution in [-0.4, -0.2) is 34.6 Å². The smallest absolute Gasteiger partial charge is 0.111 e. The lowest BCUT2D eigenvalue weighted by Gasteiger charge is -2.43. The van der Waals surface area contributed by atoms with E-state index in [-0.39, 0.29) is 12.5 Å². The molecule has 1 aliphatic carbocycles. The Morgan fingerprint density at radius 3 is 2.75 bits per heavy atom. The van der Waals surface area contributed by atoms with E-state index in [0.29, 0.717) is 42.0 Å². The highest BCUT2D eigenvalue weighted by Crippen LogP contribution is 2.46. The average molecular weight is 424 g/mol. The highest BCUT2D eigenvalue weighted by Gasteiger charge is 2.46. The van der Waals surface area contributed by atoms with Crippen LogP contribution < -0.4 is 0 Å². The second-order valence-corrected chi connectivity index (χ2v) is 8.17. The van der Waals surface area contributed by atoms with Crippen molar-refractivity contribution in [3.05, 3.63) is 48.4 Å². The molecule has 0 aliphatic heterocycles. The number of nitrogens with zero attached hydrogens (tertiary/aromatic N) is 8. The maximum Gasteiger partial charge on any atom is 0.111 e. The van der Waals surface area contributed by atoms with E-state index >= 15 is 0 Å². The van der Waals surface area contributed by atoms with Gasteiger partial charge < -0.3 is 5.11 Å². The highest BCUT2D eigenvalue weighted by atomic mass is 16.3. The molecule has 9 nitrogen and oxygen atoms in total. The summed E-state index contributed by atoms with van der Waals surface area (Å²) in [6.07, 6.45) is 5.14. The van der Waals surface area contributed by atoms with Gasteiger partial charge in [0, 0.05) is 24.8 Å². The van der Waals surface area contributed by atoms with Crippen LogP contribution >= 0.6 is 0 Å². The third-order valence-electron chi connectivity index (χ3n) is 6.12. The maximum atomic E-state index is 9.45. The van der Waals surface area contributed by atoms with E-state index in [0.717, 1.165) is 16.6 Å². The monoisotopic (exact) mass is 424 g/mol. The van der Waals surface area contributed by atoms with Crippen LogP contribution in [-0.2, 0) is 19.2 Å². The average Bonchev–Trinajstić information content (AvgIpc) is 3.42. The minimum Gasteiger partial charge on any atom is -0.390 e. The molecule has 0 amide bonds. The molecule has 1 aliphatic rings. The van der Waals surface area contributed by atoms with E-state index in [1.54, 1.807) is 24.0 Å². The Hall–Kier alpha value is -4.08. The van der Waals surface area contributed by atoms with Crippen molar-refractivity contribution in [2.24, 2.45) is 13.0 Å². The first-order valence-electron chi connectivity index (χ1n) is 10.3. The molecule has 32 heavy (non-hydrogen) atoms. The lowest BCUT2D eigenvalue weighted by atomic mass is 9.67. The number of hydrogen-bond donors (Lipinski definition) is 1. The van der Waals surface area contributed by atoms with Crippen LogP contribution in [0.5, 0.6) is 0 Å². The summed E-state index contributed by atoms with van der Waals surface area (Å²) < 4.78 is 3.51. The lowest BCUT2D eigenvalue weighted by Crippen LogP contribution is -2.46. The molecule has 1 fully saturated rings. The van der Waals surface area contributed by atoms with E-state index in [1.165, 1.54) is 0 Å². The molecule has 1 saturated carbocycles. The van der Waals surface area contributed by atoms with Crippen molar-refractivity contribution < 1.29 is 5.11 Å². The van der Waals surface area contributed by atoms with Gasteiger partial charge in [-0.3, -0.25) is 14.3 Å².